The molecule has 1 rings (SSSR count). The first-order valence-electron chi connectivity index (χ1n) is 6.46. The molecular weight excluding hydrogens is 212 g/mol. The summed E-state index contributed by atoms with van der Waals surface area (Å²) < 4.78 is 0. The Morgan fingerprint density at radius 1 is 1.65 bits per heavy atom. The zero-order valence-electron chi connectivity index (χ0n) is 11.6. The lowest BCUT2D eigenvalue weighted by molar-refractivity contribution is 0.0959. The Labute approximate surface area is 105 Å². The summed E-state index contributed by atoms with van der Waals surface area (Å²) in [5.74, 6) is 0. The van der Waals surface area contributed by atoms with E-state index in [-0.39, 0.29) is 0 Å². The zero-order chi connectivity index (χ0) is 13.1. The zero-order valence-corrected chi connectivity index (χ0v) is 11.6. The third-order valence-corrected chi connectivity index (χ3v) is 3.85. The van der Waals surface area contributed by atoms with Crippen LogP contribution >= 0.6 is 0 Å². The van der Waals surface area contributed by atoms with Gasteiger partial charge in [0.15, 0.2) is 0 Å². The van der Waals surface area contributed by atoms with Crippen molar-refractivity contribution in [2.45, 2.75) is 50.7 Å². The minimum Gasteiger partial charge on any atom is -0.314 e. The van der Waals surface area contributed by atoms with E-state index in [1.165, 1.54) is 19.4 Å². The predicted octanol–water partition coefficient (Wildman–Crippen LogP) is 1.03. The van der Waals surface area contributed by atoms with Crippen molar-refractivity contribution in [2.75, 3.05) is 27.2 Å². The maximum absolute atomic E-state index is 8.98. The summed E-state index contributed by atoms with van der Waals surface area (Å²) in [4.78, 5) is 4.77. The lowest BCUT2D eigenvalue weighted by atomic mass is 9.94. The highest BCUT2D eigenvalue weighted by atomic mass is 15.2. The Morgan fingerprint density at radius 3 is 2.82 bits per heavy atom. The van der Waals surface area contributed by atoms with Crippen LogP contribution in [-0.4, -0.2) is 54.6 Å². The highest BCUT2D eigenvalue weighted by molar-refractivity contribution is 5.03. The molecule has 1 heterocycles. The number of rotatable bonds is 4. The molecule has 0 saturated carbocycles. The molecule has 3 unspecified atom stereocenters. The normalized spacial score (nSPS) is 27.5. The third-order valence-electron chi connectivity index (χ3n) is 3.85. The molecule has 0 radical (unpaired) electrons. The van der Waals surface area contributed by atoms with E-state index in [0.717, 1.165) is 13.0 Å². The summed E-state index contributed by atoms with van der Waals surface area (Å²) in [6.45, 7) is 6.29. The number of likely N-dealkylation sites (N-methyl/N-ethyl adjacent to an activating group) is 2. The Morgan fingerprint density at radius 2 is 2.29 bits per heavy atom. The lowest BCUT2D eigenvalue weighted by Crippen LogP contribution is -2.50. The Bertz CT molecular complexity index is 282. The summed E-state index contributed by atoms with van der Waals surface area (Å²) in [5, 5.41) is 8.98. The largest absolute Gasteiger partial charge is 0.314 e. The van der Waals surface area contributed by atoms with Crippen molar-refractivity contribution >= 4 is 0 Å². The molecule has 1 saturated heterocycles. The molecule has 17 heavy (non-hydrogen) atoms. The minimum atomic E-state index is -0.714. The number of nitrogens with two attached hydrogens (primary N) is 1. The number of nitrogens with zero attached hydrogens (tertiary/aromatic N) is 3. The molecule has 0 bridgehead atoms. The smallest absolute Gasteiger partial charge is 0.102 e. The molecule has 0 aromatic heterocycles. The average molecular weight is 238 g/mol. The summed E-state index contributed by atoms with van der Waals surface area (Å²) >= 11 is 0. The van der Waals surface area contributed by atoms with Crippen LogP contribution in [-0.2, 0) is 0 Å². The van der Waals surface area contributed by atoms with E-state index in [1.807, 2.05) is 6.92 Å². The SMILES string of the molecule is CC(CC(C)(N)C#N)N(C)C1CCCN(C)C1. The molecule has 3 atom stereocenters. The van der Waals surface area contributed by atoms with Crippen LogP contribution in [0.2, 0.25) is 0 Å². The number of piperidine rings is 1. The average Bonchev–Trinajstić information content (AvgIpc) is 2.27. The van der Waals surface area contributed by atoms with Crippen LogP contribution in [0.25, 0.3) is 0 Å². The monoisotopic (exact) mass is 238 g/mol. The molecule has 4 heteroatoms. The van der Waals surface area contributed by atoms with Crippen molar-refractivity contribution in [3.05, 3.63) is 0 Å². The van der Waals surface area contributed by atoms with Crippen LogP contribution in [0.3, 0.4) is 0 Å². The summed E-state index contributed by atoms with van der Waals surface area (Å²) in [7, 11) is 4.33. The van der Waals surface area contributed by atoms with E-state index in [0.29, 0.717) is 12.1 Å². The number of hydrogen-bond donors (Lipinski definition) is 1. The first-order valence-corrected chi connectivity index (χ1v) is 6.46. The van der Waals surface area contributed by atoms with E-state index < -0.39 is 5.54 Å². The lowest BCUT2D eigenvalue weighted by Gasteiger charge is -2.40. The second kappa shape index (κ2) is 5.81. The van der Waals surface area contributed by atoms with Gasteiger partial charge >= 0.3 is 0 Å². The van der Waals surface area contributed by atoms with Crippen LogP contribution < -0.4 is 5.73 Å². The van der Waals surface area contributed by atoms with Gasteiger partial charge in [0.2, 0.25) is 0 Å². The first kappa shape index (κ1) is 14.4. The van der Waals surface area contributed by atoms with Crippen LogP contribution in [0, 0.1) is 11.3 Å². The standard InChI is InChI=1S/C13H26N4/c1-11(8-13(2,15)10-14)17(4)12-6-5-7-16(3)9-12/h11-12H,5-9,15H2,1-4H3. The van der Waals surface area contributed by atoms with Gasteiger partial charge in [-0.2, -0.15) is 5.26 Å². The molecular formula is C13H26N4. The van der Waals surface area contributed by atoms with Gasteiger partial charge in [0, 0.05) is 18.6 Å². The van der Waals surface area contributed by atoms with Gasteiger partial charge in [-0.25, -0.2) is 0 Å². The van der Waals surface area contributed by atoms with Gasteiger partial charge in [-0.3, -0.25) is 4.90 Å². The van der Waals surface area contributed by atoms with Gasteiger partial charge in [0.25, 0.3) is 0 Å². The maximum Gasteiger partial charge on any atom is 0.102 e. The fourth-order valence-electron chi connectivity index (χ4n) is 2.63. The minimum absolute atomic E-state index is 0.348. The van der Waals surface area contributed by atoms with Gasteiger partial charge in [-0.05, 0) is 53.8 Å². The third kappa shape index (κ3) is 4.27. The second-order valence-electron chi connectivity index (χ2n) is 5.81. The molecule has 1 aliphatic rings. The topological polar surface area (TPSA) is 56.3 Å². The van der Waals surface area contributed by atoms with Gasteiger partial charge in [-0.15, -0.1) is 0 Å². The quantitative estimate of drug-likeness (QED) is 0.795. The molecule has 4 nitrogen and oxygen atoms in total. The van der Waals surface area contributed by atoms with Crippen LogP contribution in [0.5, 0.6) is 0 Å². The molecule has 2 N–H and O–H groups in total. The molecule has 0 aromatic rings. The van der Waals surface area contributed by atoms with Crippen LogP contribution in [0.1, 0.15) is 33.1 Å². The van der Waals surface area contributed by atoms with Crippen molar-refractivity contribution in [1.29, 1.82) is 5.26 Å². The Kier molecular flexibility index (Phi) is 4.93. The molecule has 0 aromatic carbocycles. The van der Waals surface area contributed by atoms with Crippen molar-refractivity contribution < 1.29 is 0 Å². The van der Waals surface area contributed by atoms with Crippen LogP contribution in [0.15, 0.2) is 0 Å². The highest BCUT2D eigenvalue weighted by Gasteiger charge is 2.28. The number of hydrogen-bond acceptors (Lipinski definition) is 4. The van der Waals surface area contributed by atoms with E-state index in [2.05, 4.69) is 36.9 Å². The van der Waals surface area contributed by atoms with E-state index in [1.54, 1.807) is 0 Å². The van der Waals surface area contributed by atoms with Crippen molar-refractivity contribution in [2.24, 2.45) is 5.73 Å². The van der Waals surface area contributed by atoms with Crippen LogP contribution in [0.4, 0.5) is 0 Å². The number of nitriles is 1. The molecule has 1 fully saturated rings. The van der Waals surface area contributed by atoms with Crippen molar-refractivity contribution in [3.63, 3.8) is 0 Å². The Balaban J connectivity index is 2.51. The first-order chi connectivity index (χ1) is 7.85. The molecule has 0 aliphatic carbocycles. The Hall–Kier alpha value is -0.630. The molecule has 1 aliphatic heterocycles. The predicted molar refractivity (Wildman–Crippen MR) is 70.6 cm³/mol. The summed E-state index contributed by atoms with van der Waals surface area (Å²) in [6, 6.07) is 3.12. The number of likely N-dealkylation sites (tertiary alicyclic amines) is 1. The summed E-state index contributed by atoms with van der Waals surface area (Å²) in [6.07, 6.45) is 3.23. The van der Waals surface area contributed by atoms with E-state index in [9.17, 15) is 0 Å². The van der Waals surface area contributed by atoms with Gasteiger partial charge in [-0.1, -0.05) is 0 Å². The van der Waals surface area contributed by atoms with Crippen molar-refractivity contribution in [3.8, 4) is 6.07 Å². The van der Waals surface area contributed by atoms with E-state index in [4.69, 9.17) is 11.0 Å². The fourth-order valence-corrected chi connectivity index (χ4v) is 2.63. The van der Waals surface area contributed by atoms with Gasteiger partial charge in [0.05, 0.1) is 6.07 Å². The summed E-state index contributed by atoms with van der Waals surface area (Å²) in [5.41, 5.74) is 5.20. The molecule has 0 amide bonds. The fraction of sp³-hybridized carbons (Fsp3) is 0.923. The molecule has 0 spiro atoms. The highest BCUT2D eigenvalue weighted by Crippen LogP contribution is 2.19. The molecule has 98 valence electrons. The van der Waals surface area contributed by atoms with Crippen molar-refractivity contribution in [1.82, 2.24) is 9.80 Å². The van der Waals surface area contributed by atoms with E-state index >= 15 is 0 Å². The van der Waals surface area contributed by atoms with Gasteiger partial charge in [0.1, 0.15) is 5.54 Å². The maximum atomic E-state index is 8.98. The second-order valence-corrected chi connectivity index (χ2v) is 5.81. The van der Waals surface area contributed by atoms with Gasteiger partial charge < -0.3 is 10.6 Å².